The number of ether oxygens (including phenoxy) is 1. The van der Waals surface area contributed by atoms with Crippen LogP contribution in [-0.4, -0.2) is 30.5 Å². The van der Waals surface area contributed by atoms with E-state index < -0.39 is 0 Å². The van der Waals surface area contributed by atoms with Crippen LogP contribution in [0.4, 0.5) is 0 Å². The Morgan fingerprint density at radius 2 is 2.26 bits per heavy atom. The lowest BCUT2D eigenvalue weighted by atomic mass is 9.66. The molecule has 1 saturated heterocycles. The monoisotopic (exact) mass is 275 g/mol. The fourth-order valence-corrected chi connectivity index (χ4v) is 5.17. The minimum Gasteiger partial charge on any atom is -0.481 e. The highest BCUT2D eigenvalue weighted by atomic mass is 32.2. The molecule has 0 amide bonds. The second-order valence-corrected chi connectivity index (χ2v) is 7.18. The molecule has 0 N–H and O–H groups in total. The molecule has 1 aliphatic carbocycles. The summed E-state index contributed by atoms with van der Waals surface area (Å²) >= 11 is 1.84. The first-order chi connectivity index (χ1) is 9.29. The summed E-state index contributed by atoms with van der Waals surface area (Å²) in [5, 5.41) is 0. The molecule has 102 valence electrons. The Balaban J connectivity index is 1.77. The molecule has 2 aliphatic heterocycles. The fraction of sp³-hybridized carbons (Fsp3) is 0.625. The molecule has 2 heterocycles. The van der Waals surface area contributed by atoms with Gasteiger partial charge in [0, 0.05) is 11.5 Å². The molecule has 0 spiro atoms. The second-order valence-electron chi connectivity index (χ2n) is 6.22. The molecule has 2 atom stereocenters. The van der Waals surface area contributed by atoms with Crippen molar-refractivity contribution in [3.05, 3.63) is 23.8 Å². The first kappa shape index (κ1) is 12.1. The Morgan fingerprint density at radius 3 is 3.21 bits per heavy atom. The third-order valence-corrected chi connectivity index (χ3v) is 6.24. The van der Waals surface area contributed by atoms with Crippen molar-refractivity contribution in [1.82, 2.24) is 4.90 Å². The molecule has 3 aliphatic rings. The van der Waals surface area contributed by atoms with Crippen molar-refractivity contribution in [2.24, 2.45) is 0 Å². The molecule has 4 rings (SSSR count). The average molecular weight is 275 g/mol. The minimum atomic E-state index is 0.422. The Morgan fingerprint density at radius 1 is 1.32 bits per heavy atom. The van der Waals surface area contributed by atoms with E-state index in [1.165, 1.54) is 43.5 Å². The van der Waals surface area contributed by atoms with Crippen LogP contribution in [0.2, 0.25) is 0 Å². The quantitative estimate of drug-likeness (QED) is 0.776. The SMILES string of the molecule is CN1CC[C@]2(c3ccc4c(c3)SCO4)CCCC[C@H]12. The molecule has 0 unspecified atom stereocenters. The number of hydrogen-bond acceptors (Lipinski definition) is 3. The van der Waals surface area contributed by atoms with E-state index in [0.29, 0.717) is 5.41 Å². The lowest BCUT2D eigenvalue weighted by Gasteiger charge is -2.41. The zero-order chi connectivity index (χ0) is 12.9. The van der Waals surface area contributed by atoms with E-state index in [9.17, 15) is 0 Å². The molecule has 1 aromatic rings. The van der Waals surface area contributed by atoms with Gasteiger partial charge in [0.2, 0.25) is 0 Å². The van der Waals surface area contributed by atoms with E-state index in [2.05, 4.69) is 30.1 Å². The normalized spacial score (nSPS) is 33.8. The summed E-state index contributed by atoms with van der Waals surface area (Å²) in [4.78, 5) is 3.95. The number of likely N-dealkylation sites (tertiary alicyclic amines) is 1. The average Bonchev–Trinajstić information content (AvgIpc) is 3.04. The van der Waals surface area contributed by atoms with Crippen LogP contribution in [0.25, 0.3) is 0 Å². The summed E-state index contributed by atoms with van der Waals surface area (Å²) < 4.78 is 5.62. The van der Waals surface area contributed by atoms with Crippen LogP contribution in [0.1, 0.15) is 37.7 Å². The van der Waals surface area contributed by atoms with Crippen LogP contribution in [0.3, 0.4) is 0 Å². The van der Waals surface area contributed by atoms with Crippen LogP contribution < -0.4 is 4.74 Å². The molecule has 1 saturated carbocycles. The standard InChI is InChI=1S/C16H21NOS/c1-17-9-8-16(7-3-2-4-15(16)17)12-5-6-13-14(10-12)19-11-18-13/h5-6,10,15H,2-4,7-9,11H2,1H3/t15-,16-/m0/s1. The maximum absolute atomic E-state index is 5.62. The highest BCUT2D eigenvalue weighted by Crippen LogP contribution is 2.50. The Bertz CT molecular complexity index is 500. The van der Waals surface area contributed by atoms with E-state index in [-0.39, 0.29) is 0 Å². The Kier molecular flexibility index (Phi) is 2.82. The van der Waals surface area contributed by atoms with Crippen molar-refractivity contribution in [1.29, 1.82) is 0 Å². The third-order valence-electron chi connectivity index (χ3n) is 5.38. The van der Waals surface area contributed by atoms with Crippen LogP contribution in [0, 0.1) is 0 Å². The van der Waals surface area contributed by atoms with Gasteiger partial charge in [-0.15, -0.1) is 0 Å². The zero-order valence-electron chi connectivity index (χ0n) is 11.5. The van der Waals surface area contributed by atoms with Gasteiger partial charge < -0.3 is 9.64 Å². The lowest BCUT2D eigenvalue weighted by Crippen LogP contribution is -2.43. The Hall–Kier alpha value is -0.670. The van der Waals surface area contributed by atoms with Gasteiger partial charge in [-0.2, -0.15) is 0 Å². The summed E-state index contributed by atoms with van der Waals surface area (Å²) in [6, 6.07) is 7.71. The molecule has 0 radical (unpaired) electrons. The van der Waals surface area contributed by atoms with Gasteiger partial charge in [-0.1, -0.05) is 30.7 Å². The second kappa shape index (κ2) is 4.42. The van der Waals surface area contributed by atoms with Crippen LogP contribution in [0.5, 0.6) is 5.75 Å². The first-order valence-electron chi connectivity index (χ1n) is 7.40. The predicted molar refractivity (Wildman–Crippen MR) is 79.0 cm³/mol. The summed E-state index contributed by atoms with van der Waals surface area (Å²) in [5.41, 5.74) is 1.99. The third kappa shape index (κ3) is 1.74. The highest BCUT2D eigenvalue weighted by Gasteiger charge is 2.48. The van der Waals surface area contributed by atoms with Gasteiger partial charge in [0.15, 0.2) is 0 Å². The number of thioether (sulfide) groups is 1. The molecule has 19 heavy (non-hydrogen) atoms. The van der Waals surface area contributed by atoms with Crippen molar-refractivity contribution in [2.75, 3.05) is 19.5 Å². The first-order valence-corrected chi connectivity index (χ1v) is 8.38. The van der Waals surface area contributed by atoms with Gasteiger partial charge in [0.1, 0.15) is 11.7 Å². The minimum absolute atomic E-state index is 0.422. The van der Waals surface area contributed by atoms with E-state index >= 15 is 0 Å². The van der Waals surface area contributed by atoms with E-state index in [4.69, 9.17) is 4.74 Å². The van der Waals surface area contributed by atoms with Crippen LogP contribution in [0.15, 0.2) is 23.1 Å². The van der Waals surface area contributed by atoms with Crippen LogP contribution >= 0.6 is 11.8 Å². The zero-order valence-corrected chi connectivity index (χ0v) is 12.3. The van der Waals surface area contributed by atoms with Crippen molar-refractivity contribution in [2.45, 2.75) is 48.5 Å². The molecule has 3 heteroatoms. The number of rotatable bonds is 1. The number of fused-ring (bicyclic) bond motifs is 2. The molecule has 0 bridgehead atoms. The van der Waals surface area contributed by atoms with Gasteiger partial charge in [0.25, 0.3) is 0 Å². The smallest absolute Gasteiger partial charge is 0.138 e. The topological polar surface area (TPSA) is 12.5 Å². The predicted octanol–water partition coefficient (Wildman–Crippen LogP) is 3.64. The number of benzene rings is 1. The van der Waals surface area contributed by atoms with E-state index in [1.54, 1.807) is 5.56 Å². The molecule has 2 nitrogen and oxygen atoms in total. The molecule has 2 fully saturated rings. The number of hydrogen-bond donors (Lipinski definition) is 0. The van der Waals surface area contributed by atoms with Crippen molar-refractivity contribution < 1.29 is 4.74 Å². The molecule has 0 aromatic heterocycles. The molecule has 1 aromatic carbocycles. The summed E-state index contributed by atoms with van der Waals surface area (Å²) in [6.45, 7) is 1.26. The van der Waals surface area contributed by atoms with Gasteiger partial charge in [-0.25, -0.2) is 0 Å². The van der Waals surface area contributed by atoms with Gasteiger partial charge in [0.05, 0.1) is 4.90 Å². The van der Waals surface area contributed by atoms with Crippen LogP contribution in [-0.2, 0) is 5.41 Å². The van der Waals surface area contributed by atoms with E-state index in [1.807, 2.05) is 11.8 Å². The maximum atomic E-state index is 5.62. The van der Waals surface area contributed by atoms with Crippen molar-refractivity contribution in [3.8, 4) is 5.75 Å². The van der Waals surface area contributed by atoms with Crippen molar-refractivity contribution >= 4 is 11.8 Å². The fourth-order valence-electron chi connectivity index (χ4n) is 4.37. The highest BCUT2D eigenvalue weighted by molar-refractivity contribution is 7.99. The molecular formula is C16H21NOS. The van der Waals surface area contributed by atoms with Gasteiger partial charge >= 0.3 is 0 Å². The summed E-state index contributed by atoms with van der Waals surface area (Å²) in [6.07, 6.45) is 6.87. The van der Waals surface area contributed by atoms with Gasteiger partial charge in [-0.3, -0.25) is 0 Å². The Labute approximate surface area is 119 Å². The largest absolute Gasteiger partial charge is 0.481 e. The maximum Gasteiger partial charge on any atom is 0.138 e. The summed E-state index contributed by atoms with van der Waals surface area (Å²) in [7, 11) is 2.31. The van der Waals surface area contributed by atoms with Crippen molar-refractivity contribution in [3.63, 3.8) is 0 Å². The number of nitrogens with zero attached hydrogens (tertiary/aromatic N) is 1. The molecular weight excluding hydrogens is 254 g/mol. The van der Waals surface area contributed by atoms with Gasteiger partial charge in [-0.05, 0) is 50.6 Å². The lowest BCUT2D eigenvalue weighted by molar-refractivity contribution is 0.181. The summed E-state index contributed by atoms with van der Waals surface area (Å²) in [5.74, 6) is 1.87. The number of likely N-dealkylation sites (N-methyl/N-ethyl adjacent to an activating group) is 1. The van der Waals surface area contributed by atoms with E-state index in [0.717, 1.165) is 17.7 Å².